The molecule has 2 aliphatic heterocycles. The Morgan fingerprint density at radius 1 is 1.11 bits per heavy atom. The van der Waals surface area contributed by atoms with Crippen molar-refractivity contribution in [2.24, 2.45) is 5.73 Å². The minimum Gasteiger partial charge on any atom is -0.328 e. The summed E-state index contributed by atoms with van der Waals surface area (Å²) in [6.45, 7) is 0. The van der Waals surface area contributed by atoms with Gasteiger partial charge in [0.2, 0.25) is 0 Å². The van der Waals surface area contributed by atoms with E-state index in [1.165, 1.54) is 24.0 Å². The topological polar surface area (TPSA) is 29.3 Å². The zero-order valence-electron chi connectivity index (χ0n) is 11.2. The average Bonchev–Trinajstić information content (AvgIpc) is 2.88. The first kappa shape index (κ1) is 11.9. The van der Waals surface area contributed by atoms with Crippen molar-refractivity contribution in [1.82, 2.24) is 4.90 Å². The summed E-state index contributed by atoms with van der Waals surface area (Å²) in [4.78, 5) is 2.72. The van der Waals surface area contributed by atoms with Crippen LogP contribution < -0.4 is 5.73 Å². The van der Waals surface area contributed by atoms with E-state index in [1.54, 1.807) is 12.1 Å². The highest BCUT2D eigenvalue weighted by Crippen LogP contribution is 2.46. The first-order chi connectivity index (χ1) is 9.22. The Kier molecular flexibility index (Phi) is 2.68. The van der Waals surface area contributed by atoms with Crippen LogP contribution in [0.1, 0.15) is 49.3 Å². The van der Waals surface area contributed by atoms with E-state index in [1.807, 2.05) is 6.07 Å². The summed E-state index contributed by atoms with van der Waals surface area (Å²) >= 11 is 0. The van der Waals surface area contributed by atoms with Crippen LogP contribution in [-0.4, -0.2) is 23.0 Å². The van der Waals surface area contributed by atoms with Gasteiger partial charge in [0.1, 0.15) is 5.82 Å². The Bertz CT molecular complexity index is 488. The number of piperidine rings is 1. The van der Waals surface area contributed by atoms with Gasteiger partial charge in [0, 0.05) is 24.2 Å². The molecular formula is C16H21FN2. The average molecular weight is 260 g/mol. The van der Waals surface area contributed by atoms with Crippen LogP contribution in [0.2, 0.25) is 0 Å². The van der Waals surface area contributed by atoms with Crippen molar-refractivity contribution in [1.29, 1.82) is 0 Å². The number of fused-ring (bicyclic) bond motifs is 3. The predicted molar refractivity (Wildman–Crippen MR) is 73.3 cm³/mol. The number of benzene rings is 1. The molecule has 2 heterocycles. The molecule has 0 spiro atoms. The molecule has 0 amide bonds. The van der Waals surface area contributed by atoms with E-state index in [4.69, 9.17) is 5.73 Å². The van der Waals surface area contributed by atoms with E-state index in [2.05, 4.69) is 4.90 Å². The maximum atomic E-state index is 13.3. The monoisotopic (exact) mass is 260 g/mol. The normalized spacial score (nSPS) is 37.6. The van der Waals surface area contributed by atoms with E-state index < -0.39 is 0 Å². The van der Waals surface area contributed by atoms with Gasteiger partial charge in [-0.1, -0.05) is 6.07 Å². The van der Waals surface area contributed by atoms with Crippen molar-refractivity contribution < 1.29 is 4.39 Å². The molecular weight excluding hydrogens is 239 g/mol. The quantitative estimate of drug-likeness (QED) is 0.841. The van der Waals surface area contributed by atoms with Gasteiger partial charge in [-0.05, 0) is 61.8 Å². The third kappa shape index (κ3) is 1.83. The molecule has 3 aliphatic rings. The highest BCUT2D eigenvalue weighted by Gasteiger charge is 2.44. The number of hydrogen-bond donors (Lipinski definition) is 1. The second-order valence-electron chi connectivity index (χ2n) is 6.46. The zero-order chi connectivity index (χ0) is 13.0. The molecule has 3 atom stereocenters. The fraction of sp³-hybridized carbons (Fsp3) is 0.625. The standard InChI is InChI=1S/C16H21FN2/c17-11-2-5-15-10(7-11)1-6-16(15)19-13-3-4-14(19)9-12(18)8-13/h2,5,7,12-14,16H,1,3-4,6,8-9,18H2. The molecule has 2 saturated heterocycles. The Labute approximate surface area is 113 Å². The second-order valence-corrected chi connectivity index (χ2v) is 6.46. The molecule has 3 heteroatoms. The fourth-order valence-corrected chi connectivity index (χ4v) is 4.64. The predicted octanol–water partition coefficient (Wildman–Crippen LogP) is 2.77. The highest BCUT2D eigenvalue weighted by molar-refractivity contribution is 5.35. The van der Waals surface area contributed by atoms with Crippen molar-refractivity contribution in [3.8, 4) is 0 Å². The van der Waals surface area contributed by atoms with Gasteiger partial charge in [0.05, 0.1) is 0 Å². The summed E-state index contributed by atoms with van der Waals surface area (Å²) in [5.74, 6) is -0.0944. The van der Waals surface area contributed by atoms with Gasteiger partial charge in [-0.2, -0.15) is 0 Å². The molecule has 2 fully saturated rings. The van der Waals surface area contributed by atoms with Crippen molar-refractivity contribution in [2.75, 3.05) is 0 Å². The smallest absolute Gasteiger partial charge is 0.123 e. The lowest BCUT2D eigenvalue weighted by molar-refractivity contribution is 0.0773. The van der Waals surface area contributed by atoms with E-state index in [0.29, 0.717) is 24.2 Å². The van der Waals surface area contributed by atoms with Crippen LogP contribution in [-0.2, 0) is 6.42 Å². The summed E-state index contributed by atoms with van der Waals surface area (Å²) < 4.78 is 13.3. The largest absolute Gasteiger partial charge is 0.328 e. The van der Waals surface area contributed by atoms with E-state index >= 15 is 0 Å². The van der Waals surface area contributed by atoms with E-state index in [9.17, 15) is 4.39 Å². The molecule has 0 saturated carbocycles. The third-order valence-electron chi connectivity index (χ3n) is 5.34. The van der Waals surface area contributed by atoms with E-state index in [-0.39, 0.29) is 5.82 Å². The van der Waals surface area contributed by atoms with Crippen LogP contribution >= 0.6 is 0 Å². The number of hydrogen-bond acceptors (Lipinski definition) is 2. The van der Waals surface area contributed by atoms with Crippen LogP contribution in [0.3, 0.4) is 0 Å². The van der Waals surface area contributed by atoms with Gasteiger partial charge in [0.25, 0.3) is 0 Å². The third-order valence-corrected chi connectivity index (χ3v) is 5.34. The van der Waals surface area contributed by atoms with Crippen molar-refractivity contribution >= 4 is 0 Å². The summed E-state index contributed by atoms with van der Waals surface area (Å²) in [5.41, 5.74) is 8.75. The van der Waals surface area contributed by atoms with Gasteiger partial charge in [-0.25, -0.2) is 4.39 Å². The van der Waals surface area contributed by atoms with Crippen LogP contribution in [0.25, 0.3) is 0 Å². The Balaban J connectivity index is 1.66. The van der Waals surface area contributed by atoms with E-state index in [0.717, 1.165) is 25.7 Å². The van der Waals surface area contributed by atoms with Gasteiger partial charge in [-0.15, -0.1) is 0 Å². The lowest BCUT2D eigenvalue weighted by Gasteiger charge is -2.42. The molecule has 1 aliphatic carbocycles. The minimum absolute atomic E-state index is 0.0944. The maximum Gasteiger partial charge on any atom is 0.123 e. The van der Waals surface area contributed by atoms with Crippen molar-refractivity contribution in [3.63, 3.8) is 0 Å². The lowest BCUT2D eigenvalue weighted by Crippen LogP contribution is -2.48. The second kappa shape index (κ2) is 4.29. The minimum atomic E-state index is -0.0944. The summed E-state index contributed by atoms with van der Waals surface area (Å²) in [6, 6.07) is 7.59. The molecule has 1 aromatic carbocycles. The van der Waals surface area contributed by atoms with Crippen LogP contribution in [0.5, 0.6) is 0 Å². The Morgan fingerprint density at radius 3 is 2.58 bits per heavy atom. The lowest BCUT2D eigenvalue weighted by atomic mass is 9.94. The van der Waals surface area contributed by atoms with Crippen molar-refractivity contribution in [3.05, 3.63) is 35.1 Å². The fourth-order valence-electron chi connectivity index (χ4n) is 4.64. The molecule has 4 rings (SSSR count). The summed E-state index contributed by atoms with van der Waals surface area (Å²) in [6.07, 6.45) is 7.06. The number of halogens is 1. The molecule has 2 nitrogen and oxygen atoms in total. The van der Waals surface area contributed by atoms with Crippen molar-refractivity contribution in [2.45, 2.75) is 62.7 Å². The molecule has 0 aromatic heterocycles. The summed E-state index contributed by atoms with van der Waals surface area (Å²) in [5, 5.41) is 0. The van der Waals surface area contributed by atoms with Crippen LogP contribution in [0.15, 0.2) is 18.2 Å². The van der Waals surface area contributed by atoms with Gasteiger partial charge in [0.15, 0.2) is 0 Å². The molecule has 1 aromatic rings. The van der Waals surface area contributed by atoms with Crippen LogP contribution in [0, 0.1) is 5.82 Å². The molecule has 0 radical (unpaired) electrons. The number of aryl methyl sites for hydroxylation is 1. The van der Waals surface area contributed by atoms with Gasteiger partial charge < -0.3 is 5.73 Å². The maximum absolute atomic E-state index is 13.3. The zero-order valence-corrected chi connectivity index (χ0v) is 11.2. The molecule has 19 heavy (non-hydrogen) atoms. The first-order valence-corrected chi connectivity index (χ1v) is 7.53. The number of nitrogens with two attached hydrogens (primary N) is 1. The SMILES string of the molecule is NC1CC2CCC(C1)N2C1CCc2cc(F)ccc21. The molecule has 3 unspecified atom stereocenters. The Hall–Kier alpha value is -0.930. The highest BCUT2D eigenvalue weighted by atomic mass is 19.1. The molecule has 2 bridgehead atoms. The molecule has 102 valence electrons. The molecule has 2 N–H and O–H groups in total. The van der Waals surface area contributed by atoms with Crippen LogP contribution in [0.4, 0.5) is 4.39 Å². The number of nitrogens with zero attached hydrogens (tertiary/aromatic N) is 1. The number of rotatable bonds is 1. The first-order valence-electron chi connectivity index (χ1n) is 7.53. The van der Waals surface area contributed by atoms with Gasteiger partial charge in [-0.3, -0.25) is 4.90 Å². The van der Waals surface area contributed by atoms with Gasteiger partial charge >= 0.3 is 0 Å². The summed E-state index contributed by atoms with van der Waals surface area (Å²) in [7, 11) is 0. The Morgan fingerprint density at radius 2 is 1.84 bits per heavy atom.